The van der Waals surface area contributed by atoms with Gasteiger partial charge >= 0.3 is 0 Å². The van der Waals surface area contributed by atoms with E-state index in [9.17, 15) is 0 Å². The Morgan fingerprint density at radius 2 is 1.54 bits per heavy atom. The monoisotopic (exact) mass is 331 g/mol. The van der Waals surface area contributed by atoms with E-state index in [1.807, 2.05) is 0 Å². The van der Waals surface area contributed by atoms with Gasteiger partial charge in [0.2, 0.25) is 0 Å². The zero-order valence-corrected chi connectivity index (χ0v) is 16.0. The molecule has 0 unspecified atom stereocenters. The number of rotatable bonds is 4. The predicted molar refractivity (Wildman–Crippen MR) is 107 cm³/mol. The third kappa shape index (κ3) is 3.82. The van der Waals surface area contributed by atoms with E-state index >= 15 is 0 Å². The Balaban J connectivity index is 2.05. The Morgan fingerprint density at radius 3 is 2.17 bits per heavy atom. The molecule has 1 nitrogen and oxygen atoms in total. The summed E-state index contributed by atoms with van der Waals surface area (Å²) in [6, 6.07) is 21.7. The summed E-state index contributed by atoms with van der Waals surface area (Å²) in [6.45, 7) is 9.30. The third-order valence-electron chi connectivity index (χ3n) is 4.38. The van der Waals surface area contributed by atoms with Crippen molar-refractivity contribution in [2.24, 2.45) is 0 Å². The molecular weight excluding hydrogens is 306 g/mol. The van der Waals surface area contributed by atoms with Gasteiger partial charge in [-0.05, 0) is 35.7 Å². The number of benzene rings is 2. The van der Waals surface area contributed by atoms with Gasteiger partial charge in [0.05, 0.1) is 13.8 Å². The van der Waals surface area contributed by atoms with Gasteiger partial charge in [-0.1, -0.05) is 79.8 Å². The van der Waals surface area contributed by atoms with E-state index in [2.05, 4.69) is 93.4 Å². The summed E-state index contributed by atoms with van der Waals surface area (Å²) in [4.78, 5) is 4.78. The molecule has 2 heteroatoms. The summed E-state index contributed by atoms with van der Waals surface area (Å²) in [5.74, 6) is 0. The summed E-state index contributed by atoms with van der Waals surface area (Å²) >= 11 is 0. The van der Waals surface area contributed by atoms with Crippen LogP contribution in [0.4, 0.5) is 0 Å². The summed E-state index contributed by atoms with van der Waals surface area (Å²) in [5.41, 5.74) is 6.32. The van der Waals surface area contributed by atoms with E-state index in [4.69, 9.17) is 4.98 Å². The van der Waals surface area contributed by atoms with Crippen molar-refractivity contribution < 1.29 is 0 Å². The standard InChI is InChI=1S/C22H25NSi/c1-17-10-12-19(13-11-17)21-15-20(14-18-8-6-5-7-9-18)22(16-23-21)24(2,3)4/h5-13,15-16H,14H2,1-4H3. The molecule has 0 spiro atoms. The van der Waals surface area contributed by atoms with Gasteiger partial charge in [-0.15, -0.1) is 0 Å². The average molecular weight is 332 g/mol. The van der Waals surface area contributed by atoms with E-state index in [-0.39, 0.29) is 0 Å². The molecule has 2 aromatic carbocycles. The van der Waals surface area contributed by atoms with E-state index in [1.165, 1.54) is 27.4 Å². The molecule has 0 amide bonds. The van der Waals surface area contributed by atoms with Gasteiger partial charge in [-0.2, -0.15) is 0 Å². The first-order valence-corrected chi connectivity index (χ1v) is 12.0. The molecule has 1 aromatic heterocycles. The summed E-state index contributed by atoms with van der Waals surface area (Å²) in [7, 11) is -1.43. The lowest BCUT2D eigenvalue weighted by molar-refractivity contribution is 1.18. The minimum Gasteiger partial charge on any atom is -0.256 e. The van der Waals surface area contributed by atoms with Crippen LogP contribution in [-0.4, -0.2) is 13.1 Å². The molecule has 0 fully saturated rings. The molecule has 0 N–H and O–H groups in total. The normalized spacial score (nSPS) is 11.5. The molecule has 0 saturated carbocycles. The van der Waals surface area contributed by atoms with E-state index in [0.717, 1.165) is 12.1 Å². The lowest BCUT2D eigenvalue weighted by Crippen LogP contribution is -2.40. The summed E-state index contributed by atoms with van der Waals surface area (Å²) < 4.78 is 0. The molecule has 3 aromatic rings. The van der Waals surface area contributed by atoms with Crippen LogP contribution in [0, 0.1) is 6.92 Å². The van der Waals surface area contributed by atoms with E-state index < -0.39 is 8.07 Å². The number of nitrogens with zero attached hydrogens (tertiary/aromatic N) is 1. The van der Waals surface area contributed by atoms with Gasteiger partial charge in [0.25, 0.3) is 0 Å². The van der Waals surface area contributed by atoms with Crippen LogP contribution in [0.15, 0.2) is 66.9 Å². The SMILES string of the molecule is Cc1ccc(-c2cc(Cc3ccccc3)c([Si](C)(C)C)cn2)cc1. The fraction of sp³-hybridized carbons (Fsp3) is 0.227. The minimum atomic E-state index is -1.43. The van der Waals surface area contributed by atoms with Crippen LogP contribution in [0.1, 0.15) is 16.7 Å². The number of aryl methyl sites for hydroxylation is 1. The van der Waals surface area contributed by atoms with Gasteiger partial charge in [-0.25, -0.2) is 0 Å². The minimum absolute atomic E-state index is 0.974. The van der Waals surface area contributed by atoms with Crippen molar-refractivity contribution in [3.05, 3.63) is 83.6 Å². The highest BCUT2D eigenvalue weighted by atomic mass is 28.3. The van der Waals surface area contributed by atoms with Gasteiger partial charge in [0, 0.05) is 11.8 Å². The third-order valence-corrected chi connectivity index (χ3v) is 6.45. The van der Waals surface area contributed by atoms with Gasteiger partial charge in [0.15, 0.2) is 0 Å². The average Bonchev–Trinajstić information content (AvgIpc) is 2.55. The van der Waals surface area contributed by atoms with E-state index in [0.29, 0.717) is 0 Å². The number of hydrogen-bond acceptors (Lipinski definition) is 1. The molecule has 0 radical (unpaired) electrons. The molecule has 3 rings (SSSR count). The first-order chi connectivity index (χ1) is 11.4. The van der Waals surface area contributed by atoms with Crippen LogP contribution in [0.2, 0.25) is 19.6 Å². The first kappa shape index (κ1) is 16.7. The molecule has 0 aliphatic rings. The smallest absolute Gasteiger partial charge is 0.0799 e. The quantitative estimate of drug-likeness (QED) is 0.599. The van der Waals surface area contributed by atoms with Gasteiger partial charge in [-0.3, -0.25) is 4.98 Å². The molecule has 0 saturated heterocycles. The maximum absolute atomic E-state index is 4.78. The Labute approximate surface area is 146 Å². The van der Waals surface area contributed by atoms with Crippen molar-refractivity contribution in [1.82, 2.24) is 4.98 Å². The molecule has 0 aliphatic heterocycles. The Morgan fingerprint density at radius 1 is 0.875 bits per heavy atom. The Bertz CT molecular complexity index is 815. The van der Waals surface area contributed by atoms with Crippen LogP contribution in [0.5, 0.6) is 0 Å². The highest BCUT2D eigenvalue weighted by Gasteiger charge is 2.21. The molecule has 1 heterocycles. The Hall–Kier alpha value is -2.19. The van der Waals surface area contributed by atoms with Crippen LogP contribution in [-0.2, 0) is 6.42 Å². The van der Waals surface area contributed by atoms with Crippen LogP contribution >= 0.6 is 0 Å². The zero-order chi connectivity index (χ0) is 17.2. The van der Waals surface area contributed by atoms with Crippen molar-refractivity contribution in [3.8, 4) is 11.3 Å². The molecule has 24 heavy (non-hydrogen) atoms. The molecular formula is C22H25NSi. The number of hydrogen-bond donors (Lipinski definition) is 0. The van der Waals surface area contributed by atoms with Crippen molar-refractivity contribution in [2.45, 2.75) is 33.0 Å². The van der Waals surface area contributed by atoms with Crippen molar-refractivity contribution in [3.63, 3.8) is 0 Å². The lowest BCUT2D eigenvalue weighted by Gasteiger charge is -2.21. The second-order valence-corrected chi connectivity index (χ2v) is 12.5. The zero-order valence-electron chi connectivity index (χ0n) is 15.0. The summed E-state index contributed by atoms with van der Waals surface area (Å²) in [5, 5.41) is 1.46. The molecule has 122 valence electrons. The highest BCUT2D eigenvalue weighted by molar-refractivity contribution is 6.89. The van der Waals surface area contributed by atoms with Gasteiger partial charge in [0.1, 0.15) is 0 Å². The molecule has 0 atom stereocenters. The second-order valence-electron chi connectivity index (χ2n) is 7.51. The van der Waals surface area contributed by atoms with Crippen LogP contribution in [0.25, 0.3) is 11.3 Å². The largest absolute Gasteiger partial charge is 0.256 e. The van der Waals surface area contributed by atoms with Crippen molar-refractivity contribution in [2.75, 3.05) is 0 Å². The fourth-order valence-corrected chi connectivity index (χ4v) is 4.59. The molecule has 0 aliphatic carbocycles. The maximum atomic E-state index is 4.78. The lowest BCUT2D eigenvalue weighted by atomic mass is 10.0. The van der Waals surface area contributed by atoms with Crippen LogP contribution < -0.4 is 5.19 Å². The van der Waals surface area contributed by atoms with Crippen molar-refractivity contribution >= 4 is 13.3 Å². The second kappa shape index (κ2) is 6.74. The molecule has 0 bridgehead atoms. The van der Waals surface area contributed by atoms with E-state index in [1.54, 1.807) is 0 Å². The maximum Gasteiger partial charge on any atom is 0.0799 e. The summed E-state index contributed by atoms with van der Waals surface area (Å²) in [6.07, 6.45) is 3.10. The Kier molecular flexibility index (Phi) is 4.68. The van der Waals surface area contributed by atoms with Crippen LogP contribution in [0.3, 0.4) is 0 Å². The topological polar surface area (TPSA) is 12.9 Å². The predicted octanol–water partition coefficient (Wildman–Crippen LogP) is 5.19. The van der Waals surface area contributed by atoms with Crippen molar-refractivity contribution in [1.29, 1.82) is 0 Å². The highest BCUT2D eigenvalue weighted by Crippen LogP contribution is 2.21. The fourth-order valence-electron chi connectivity index (χ4n) is 3.02. The first-order valence-electron chi connectivity index (χ1n) is 8.54. The van der Waals surface area contributed by atoms with Gasteiger partial charge < -0.3 is 0 Å². The number of pyridine rings is 1. The number of aromatic nitrogens is 1.